The number of thiazole rings is 1. The van der Waals surface area contributed by atoms with E-state index in [4.69, 9.17) is 0 Å². The van der Waals surface area contributed by atoms with Crippen LogP contribution in [0.3, 0.4) is 0 Å². The first-order valence-electron chi connectivity index (χ1n) is 10.5. The van der Waals surface area contributed by atoms with Crippen molar-refractivity contribution < 1.29 is 4.21 Å². The van der Waals surface area contributed by atoms with E-state index >= 15 is 0 Å². The third-order valence-electron chi connectivity index (χ3n) is 6.77. The lowest BCUT2D eigenvalue weighted by atomic mass is 9.78. The molecule has 1 aliphatic carbocycles. The van der Waals surface area contributed by atoms with E-state index < -0.39 is 10.8 Å². The van der Waals surface area contributed by atoms with Crippen molar-refractivity contribution in [1.82, 2.24) is 20.0 Å². The molecule has 2 aromatic rings. The van der Waals surface area contributed by atoms with E-state index in [1.165, 1.54) is 30.7 Å². The molecule has 0 radical (unpaired) electrons. The molecule has 29 heavy (non-hydrogen) atoms. The molecule has 0 amide bonds. The molecule has 5 atom stereocenters. The van der Waals surface area contributed by atoms with Crippen LogP contribution in [0.1, 0.15) is 67.0 Å². The molecule has 4 aliphatic rings. The molecule has 3 aliphatic heterocycles. The van der Waals surface area contributed by atoms with E-state index in [-0.39, 0.29) is 11.4 Å². The molecule has 6 rings (SSSR count). The second-order valence-corrected chi connectivity index (χ2v) is 12.4. The molecule has 2 aromatic heterocycles. The van der Waals surface area contributed by atoms with Crippen LogP contribution in [0.5, 0.6) is 0 Å². The predicted octanol–water partition coefficient (Wildman–Crippen LogP) is 3.96. The summed E-state index contributed by atoms with van der Waals surface area (Å²) in [6.45, 7) is 2.04. The summed E-state index contributed by atoms with van der Waals surface area (Å²) >= 11 is 3.52. The molecule has 0 bridgehead atoms. The van der Waals surface area contributed by atoms with Crippen LogP contribution in [-0.4, -0.2) is 29.5 Å². The largest absolute Gasteiger partial charge is 0.295 e. The maximum atomic E-state index is 13.6. The number of fused-ring (bicyclic) bond motifs is 2. The Hall–Kier alpha value is -1.16. The number of aromatic nitrogens is 3. The Labute approximate surface area is 181 Å². The van der Waals surface area contributed by atoms with Crippen LogP contribution < -0.4 is 10.7 Å². The topological polar surface area (TPSA) is 71.8 Å². The zero-order valence-electron chi connectivity index (χ0n) is 16.3. The maximum absolute atomic E-state index is 13.6. The molecule has 2 fully saturated rings. The fourth-order valence-electron chi connectivity index (χ4n) is 5.34. The van der Waals surface area contributed by atoms with Gasteiger partial charge in [0.2, 0.25) is 0 Å². The highest BCUT2D eigenvalue weighted by Gasteiger charge is 2.51. The van der Waals surface area contributed by atoms with Gasteiger partial charge in [-0.25, -0.2) is 14.6 Å². The average molecular weight is 448 g/mol. The second-order valence-electron chi connectivity index (χ2n) is 8.43. The fraction of sp³-hybridized carbons (Fsp3) is 0.600. The first kappa shape index (κ1) is 18.6. The van der Waals surface area contributed by atoms with Crippen LogP contribution in [0.15, 0.2) is 27.7 Å². The summed E-state index contributed by atoms with van der Waals surface area (Å²) < 4.78 is 16.8. The van der Waals surface area contributed by atoms with E-state index in [9.17, 15) is 4.21 Å². The quantitative estimate of drug-likeness (QED) is 0.742. The molecular formula is C20H25N5OS3. The van der Waals surface area contributed by atoms with Crippen molar-refractivity contribution in [2.45, 2.75) is 68.0 Å². The molecule has 6 nitrogen and oxygen atoms in total. The minimum absolute atomic E-state index is 0.233. The molecule has 1 saturated heterocycles. The number of rotatable bonds is 3. The number of thioether (sulfide) groups is 1. The zero-order valence-corrected chi connectivity index (χ0v) is 18.8. The Balaban J connectivity index is 1.40. The second kappa shape index (κ2) is 7.21. The lowest BCUT2D eigenvalue weighted by Crippen LogP contribution is -2.48. The molecule has 5 unspecified atom stereocenters. The summed E-state index contributed by atoms with van der Waals surface area (Å²) in [6.07, 6.45) is 10.8. The highest BCUT2D eigenvalue weighted by atomic mass is 32.2. The number of nitrogens with one attached hydrogen (secondary N) is 2. The van der Waals surface area contributed by atoms with Gasteiger partial charge < -0.3 is 0 Å². The van der Waals surface area contributed by atoms with Crippen molar-refractivity contribution in [1.29, 1.82) is 0 Å². The van der Waals surface area contributed by atoms with Crippen LogP contribution in [0.2, 0.25) is 0 Å². The molecule has 5 heterocycles. The SMILES string of the molecule is Cc1ncc2n1NC1=C(S(=O)C3CCCCC3)SC3NC(c4nccs4)CC2C13. The van der Waals surface area contributed by atoms with Gasteiger partial charge in [0.05, 0.1) is 44.0 Å². The van der Waals surface area contributed by atoms with Gasteiger partial charge in [-0.05, 0) is 26.2 Å². The molecule has 0 spiro atoms. The predicted molar refractivity (Wildman–Crippen MR) is 119 cm³/mol. The Morgan fingerprint density at radius 2 is 2.10 bits per heavy atom. The molecule has 0 aromatic carbocycles. The van der Waals surface area contributed by atoms with Crippen LogP contribution in [0.4, 0.5) is 0 Å². The molecule has 1 saturated carbocycles. The van der Waals surface area contributed by atoms with Crippen LogP contribution in [0, 0.1) is 12.8 Å². The van der Waals surface area contributed by atoms with E-state index in [0.29, 0.717) is 17.1 Å². The summed E-state index contributed by atoms with van der Waals surface area (Å²) in [7, 11) is -0.935. The monoisotopic (exact) mass is 447 g/mol. The van der Waals surface area contributed by atoms with Crippen LogP contribution in [0.25, 0.3) is 0 Å². The number of aryl methyl sites for hydroxylation is 1. The first-order valence-corrected chi connectivity index (χ1v) is 13.5. The highest BCUT2D eigenvalue weighted by molar-refractivity contribution is 8.17. The minimum atomic E-state index is -0.935. The Morgan fingerprint density at radius 1 is 1.24 bits per heavy atom. The van der Waals surface area contributed by atoms with Gasteiger partial charge in [-0.3, -0.25) is 15.0 Å². The maximum Gasteiger partial charge on any atom is 0.124 e. The van der Waals surface area contributed by atoms with Crippen LogP contribution in [-0.2, 0) is 10.8 Å². The van der Waals surface area contributed by atoms with E-state index in [2.05, 4.69) is 30.8 Å². The van der Waals surface area contributed by atoms with Crippen molar-refractivity contribution in [2.75, 3.05) is 5.43 Å². The van der Waals surface area contributed by atoms with E-state index in [0.717, 1.165) is 34.3 Å². The summed E-state index contributed by atoms with van der Waals surface area (Å²) in [5.41, 5.74) is 6.04. The fourth-order valence-corrected chi connectivity index (χ4v) is 9.85. The van der Waals surface area contributed by atoms with Gasteiger partial charge in [-0.15, -0.1) is 11.3 Å². The van der Waals surface area contributed by atoms with Gasteiger partial charge in [-0.1, -0.05) is 31.0 Å². The van der Waals surface area contributed by atoms with Gasteiger partial charge in [-0.2, -0.15) is 0 Å². The molecule has 9 heteroatoms. The zero-order chi connectivity index (χ0) is 19.5. The molecular weight excluding hydrogens is 422 g/mol. The third-order valence-corrected chi connectivity index (χ3v) is 11.2. The lowest BCUT2D eigenvalue weighted by Gasteiger charge is -2.42. The van der Waals surface area contributed by atoms with Crippen LogP contribution >= 0.6 is 23.1 Å². The third kappa shape index (κ3) is 2.96. The van der Waals surface area contributed by atoms with Gasteiger partial charge in [0.1, 0.15) is 10.8 Å². The smallest absolute Gasteiger partial charge is 0.124 e. The summed E-state index contributed by atoms with van der Waals surface area (Å²) in [5, 5.41) is 7.57. The number of imidazole rings is 1. The van der Waals surface area contributed by atoms with E-state index in [1.807, 2.05) is 19.3 Å². The van der Waals surface area contributed by atoms with Crippen molar-refractivity contribution in [2.24, 2.45) is 5.92 Å². The van der Waals surface area contributed by atoms with Gasteiger partial charge in [0.15, 0.2) is 0 Å². The lowest BCUT2D eigenvalue weighted by molar-refractivity contribution is 0.265. The Bertz CT molecular complexity index is 978. The van der Waals surface area contributed by atoms with Crippen molar-refractivity contribution in [3.8, 4) is 0 Å². The first-order chi connectivity index (χ1) is 14.2. The van der Waals surface area contributed by atoms with Gasteiger partial charge >= 0.3 is 0 Å². The van der Waals surface area contributed by atoms with Crippen molar-refractivity contribution >= 4 is 33.9 Å². The molecule has 2 N–H and O–H groups in total. The number of hydrogen-bond donors (Lipinski definition) is 2. The van der Waals surface area contributed by atoms with Crippen molar-refractivity contribution in [3.63, 3.8) is 0 Å². The Morgan fingerprint density at radius 3 is 2.90 bits per heavy atom. The standard InChI is InChI=1S/C20H25N5OS3/c1-11-22-10-15-13-9-14(18-21-7-8-27-18)23-19-16(13)17(24-25(11)15)20(28-19)29(26)12-5-3-2-4-6-12/h7-8,10,12-14,16,19,23-24H,2-6,9H2,1H3. The average Bonchev–Trinajstić information content (AvgIpc) is 3.49. The number of piperidine rings is 1. The minimum Gasteiger partial charge on any atom is -0.295 e. The normalized spacial score (nSPS) is 32.6. The summed E-state index contributed by atoms with van der Waals surface area (Å²) in [6, 6.07) is 0.235. The Kier molecular flexibility index (Phi) is 4.63. The molecule has 154 valence electrons. The number of nitrogens with zero attached hydrogens (tertiary/aromatic N) is 3. The summed E-state index contributed by atoms with van der Waals surface area (Å²) in [4.78, 5) is 9.17. The summed E-state index contributed by atoms with van der Waals surface area (Å²) in [5.74, 6) is 1.65. The number of hydrogen-bond acceptors (Lipinski definition) is 7. The van der Waals surface area contributed by atoms with Gasteiger partial charge in [0, 0.05) is 28.7 Å². The van der Waals surface area contributed by atoms with Crippen molar-refractivity contribution in [3.05, 3.63) is 44.2 Å². The van der Waals surface area contributed by atoms with E-state index in [1.54, 1.807) is 23.1 Å². The highest BCUT2D eigenvalue weighted by Crippen LogP contribution is 2.56. The van der Waals surface area contributed by atoms with Gasteiger partial charge in [0.25, 0.3) is 0 Å².